The van der Waals surface area contributed by atoms with Crippen molar-refractivity contribution in [1.29, 1.82) is 0 Å². The number of fused-ring (bicyclic) bond motifs is 1. The molecular weight excluding hydrogens is 234 g/mol. The minimum atomic E-state index is 0.616. The molecule has 0 aliphatic carbocycles. The second kappa shape index (κ2) is 4.16. The topological polar surface area (TPSA) is 66.6 Å². The van der Waals surface area contributed by atoms with E-state index in [1.54, 1.807) is 17.8 Å². The largest absolute Gasteiger partial charge is 0.325 e. The Morgan fingerprint density at radius 2 is 2.41 bits per heavy atom. The molecule has 2 aromatic rings. The standard InChI is InChI=1S/C11H9N5S/c12-15-14-9-3-1-2-8(6-9)10-7-16-4-5-17-11(16)13-10/h1-3,6-7H,4-5H2. The molecule has 0 saturated carbocycles. The van der Waals surface area contributed by atoms with E-state index in [2.05, 4.69) is 19.6 Å². The summed E-state index contributed by atoms with van der Waals surface area (Å²) in [6, 6.07) is 7.47. The van der Waals surface area contributed by atoms with E-state index in [1.165, 1.54) is 0 Å². The van der Waals surface area contributed by atoms with E-state index in [-0.39, 0.29) is 0 Å². The van der Waals surface area contributed by atoms with Crippen LogP contribution in [0.25, 0.3) is 21.7 Å². The lowest BCUT2D eigenvalue weighted by Gasteiger charge is -1.98. The summed E-state index contributed by atoms with van der Waals surface area (Å²) >= 11 is 1.77. The van der Waals surface area contributed by atoms with Crippen molar-refractivity contribution >= 4 is 17.4 Å². The number of thioether (sulfide) groups is 1. The number of aromatic nitrogens is 2. The molecule has 2 heterocycles. The number of rotatable bonds is 2. The summed E-state index contributed by atoms with van der Waals surface area (Å²) in [4.78, 5) is 7.34. The molecule has 0 atom stereocenters. The maximum atomic E-state index is 8.41. The fourth-order valence-electron chi connectivity index (χ4n) is 1.83. The molecule has 0 saturated heterocycles. The first-order valence-corrected chi connectivity index (χ1v) is 6.21. The Balaban J connectivity index is 2.02. The van der Waals surface area contributed by atoms with Gasteiger partial charge in [0.1, 0.15) is 0 Å². The number of hydrogen-bond acceptors (Lipinski definition) is 3. The lowest BCUT2D eigenvalue weighted by Crippen LogP contribution is -1.89. The van der Waals surface area contributed by atoms with Gasteiger partial charge in [-0.25, -0.2) is 4.98 Å². The van der Waals surface area contributed by atoms with Crippen LogP contribution in [0.5, 0.6) is 0 Å². The summed E-state index contributed by atoms with van der Waals surface area (Å²) < 4.78 is 2.15. The number of azide groups is 1. The summed E-state index contributed by atoms with van der Waals surface area (Å²) in [6.07, 6.45) is 2.05. The molecule has 1 aliphatic heterocycles. The highest BCUT2D eigenvalue weighted by Crippen LogP contribution is 2.30. The van der Waals surface area contributed by atoms with Crippen molar-refractivity contribution in [1.82, 2.24) is 9.55 Å². The van der Waals surface area contributed by atoms with Crippen molar-refractivity contribution < 1.29 is 0 Å². The number of nitrogens with zero attached hydrogens (tertiary/aromatic N) is 5. The van der Waals surface area contributed by atoms with Crippen molar-refractivity contribution in [2.45, 2.75) is 11.7 Å². The van der Waals surface area contributed by atoms with Gasteiger partial charge < -0.3 is 4.57 Å². The first-order valence-electron chi connectivity index (χ1n) is 5.22. The summed E-state index contributed by atoms with van der Waals surface area (Å²) in [5.41, 5.74) is 10.9. The van der Waals surface area contributed by atoms with Gasteiger partial charge in [-0.3, -0.25) is 0 Å². The minimum absolute atomic E-state index is 0.616. The molecule has 0 unspecified atom stereocenters. The first kappa shape index (κ1) is 10.3. The number of hydrogen-bond donors (Lipinski definition) is 0. The molecule has 6 heteroatoms. The predicted molar refractivity (Wildman–Crippen MR) is 67.2 cm³/mol. The van der Waals surface area contributed by atoms with E-state index < -0.39 is 0 Å². The third-order valence-corrected chi connectivity index (χ3v) is 3.58. The molecule has 0 fully saturated rings. The van der Waals surface area contributed by atoms with E-state index in [0.29, 0.717) is 5.69 Å². The average Bonchev–Trinajstić information content (AvgIpc) is 2.89. The number of aryl methyl sites for hydroxylation is 1. The van der Waals surface area contributed by atoms with Gasteiger partial charge in [-0.05, 0) is 11.6 Å². The molecule has 1 aromatic carbocycles. The summed E-state index contributed by atoms with van der Waals surface area (Å²) in [5.74, 6) is 1.10. The van der Waals surface area contributed by atoms with Crippen LogP contribution in [0.2, 0.25) is 0 Å². The maximum Gasteiger partial charge on any atom is 0.168 e. The van der Waals surface area contributed by atoms with Gasteiger partial charge in [-0.2, -0.15) is 0 Å². The Bertz CT molecular complexity index is 591. The van der Waals surface area contributed by atoms with Gasteiger partial charge in [0.25, 0.3) is 0 Å². The molecule has 0 N–H and O–H groups in total. The van der Waals surface area contributed by atoms with Gasteiger partial charge in [0, 0.05) is 34.7 Å². The first-order chi connectivity index (χ1) is 8.36. The van der Waals surface area contributed by atoms with E-state index in [9.17, 15) is 0 Å². The Kier molecular flexibility index (Phi) is 2.51. The molecule has 17 heavy (non-hydrogen) atoms. The number of benzene rings is 1. The van der Waals surface area contributed by atoms with Gasteiger partial charge in [-0.1, -0.05) is 35.1 Å². The second-order valence-electron chi connectivity index (χ2n) is 3.69. The van der Waals surface area contributed by atoms with E-state index in [4.69, 9.17) is 5.53 Å². The molecule has 1 aliphatic rings. The van der Waals surface area contributed by atoms with Crippen LogP contribution in [0.1, 0.15) is 0 Å². The van der Waals surface area contributed by atoms with Gasteiger partial charge in [0.2, 0.25) is 0 Å². The summed E-state index contributed by atoms with van der Waals surface area (Å²) in [5, 5.41) is 4.66. The average molecular weight is 243 g/mol. The lowest BCUT2D eigenvalue weighted by atomic mass is 10.1. The van der Waals surface area contributed by atoms with Crippen molar-refractivity contribution in [2.24, 2.45) is 5.11 Å². The smallest absolute Gasteiger partial charge is 0.168 e. The van der Waals surface area contributed by atoms with Crippen LogP contribution in [-0.4, -0.2) is 15.3 Å². The van der Waals surface area contributed by atoms with Crippen LogP contribution < -0.4 is 0 Å². The molecule has 0 amide bonds. The molecule has 3 rings (SSSR count). The molecule has 0 spiro atoms. The molecule has 84 valence electrons. The van der Waals surface area contributed by atoms with E-state index in [0.717, 1.165) is 28.7 Å². The Morgan fingerprint density at radius 3 is 3.24 bits per heavy atom. The predicted octanol–water partition coefficient (Wildman–Crippen LogP) is 3.60. The minimum Gasteiger partial charge on any atom is -0.325 e. The number of imidazole rings is 1. The van der Waals surface area contributed by atoms with E-state index in [1.807, 2.05) is 24.4 Å². The Morgan fingerprint density at radius 1 is 1.47 bits per heavy atom. The van der Waals surface area contributed by atoms with Crippen molar-refractivity contribution in [3.05, 3.63) is 40.9 Å². The molecule has 0 bridgehead atoms. The fourth-order valence-corrected chi connectivity index (χ4v) is 2.77. The van der Waals surface area contributed by atoms with Crippen LogP contribution in [-0.2, 0) is 6.54 Å². The van der Waals surface area contributed by atoms with Crippen LogP contribution in [0.4, 0.5) is 5.69 Å². The van der Waals surface area contributed by atoms with Crippen LogP contribution >= 0.6 is 11.8 Å². The highest BCUT2D eigenvalue weighted by Gasteiger charge is 2.15. The zero-order valence-corrected chi connectivity index (χ0v) is 9.76. The molecule has 1 aromatic heterocycles. The summed E-state index contributed by atoms with van der Waals surface area (Å²) in [7, 11) is 0. The normalized spacial score (nSPS) is 13.2. The van der Waals surface area contributed by atoms with Gasteiger partial charge in [-0.15, -0.1) is 0 Å². The molecule has 0 radical (unpaired) electrons. The highest BCUT2D eigenvalue weighted by atomic mass is 32.2. The summed E-state index contributed by atoms with van der Waals surface area (Å²) in [6.45, 7) is 1.02. The van der Waals surface area contributed by atoms with Crippen LogP contribution in [0.15, 0.2) is 40.7 Å². The van der Waals surface area contributed by atoms with Gasteiger partial charge >= 0.3 is 0 Å². The van der Waals surface area contributed by atoms with E-state index >= 15 is 0 Å². The molecule has 5 nitrogen and oxygen atoms in total. The SMILES string of the molecule is [N-]=[N+]=Nc1cccc(-c2cn3c(n2)SCC3)c1. The second-order valence-corrected chi connectivity index (χ2v) is 4.75. The third kappa shape index (κ3) is 1.88. The zero-order chi connectivity index (χ0) is 11.7. The maximum absolute atomic E-state index is 8.41. The lowest BCUT2D eigenvalue weighted by molar-refractivity contribution is 0.719. The van der Waals surface area contributed by atoms with Crippen molar-refractivity contribution in [3.8, 4) is 11.3 Å². The van der Waals surface area contributed by atoms with Gasteiger partial charge in [0.05, 0.1) is 5.69 Å². The van der Waals surface area contributed by atoms with Crippen molar-refractivity contribution in [3.63, 3.8) is 0 Å². The van der Waals surface area contributed by atoms with Crippen LogP contribution in [0.3, 0.4) is 0 Å². The molecular formula is C11H9N5S. The third-order valence-electron chi connectivity index (χ3n) is 2.61. The van der Waals surface area contributed by atoms with Crippen molar-refractivity contribution in [2.75, 3.05) is 5.75 Å². The quantitative estimate of drug-likeness (QED) is 0.459. The Labute approximate surface area is 102 Å². The highest BCUT2D eigenvalue weighted by molar-refractivity contribution is 7.99. The Hall–Kier alpha value is -1.91. The van der Waals surface area contributed by atoms with Crippen LogP contribution in [0, 0.1) is 0 Å². The monoisotopic (exact) mass is 243 g/mol. The van der Waals surface area contributed by atoms with Gasteiger partial charge in [0.15, 0.2) is 5.16 Å². The zero-order valence-electron chi connectivity index (χ0n) is 8.95. The fraction of sp³-hybridized carbons (Fsp3) is 0.182.